The molecule has 1 heterocycles. The molecule has 1 aliphatic carbocycles. The summed E-state index contributed by atoms with van der Waals surface area (Å²) in [5, 5.41) is 21.2. The van der Waals surface area contributed by atoms with Crippen molar-refractivity contribution >= 4 is 5.97 Å². The smallest absolute Gasteiger partial charge is 0.310 e. The van der Waals surface area contributed by atoms with E-state index in [0.29, 0.717) is 12.5 Å². The quantitative estimate of drug-likeness (QED) is 0.916. The zero-order chi connectivity index (χ0) is 14.6. The first kappa shape index (κ1) is 14.9. The van der Waals surface area contributed by atoms with Gasteiger partial charge < -0.3 is 5.11 Å². The lowest BCUT2D eigenvalue weighted by Gasteiger charge is -2.22. The third-order valence-corrected chi connectivity index (χ3v) is 4.15. The van der Waals surface area contributed by atoms with Gasteiger partial charge in [0.05, 0.1) is 12.0 Å². The van der Waals surface area contributed by atoms with E-state index in [2.05, 4.69) is 15.5 Å². The highest BCUT2D eigenvalue weighted by Gasteiger charge is 2.30. The van der Waals surface area contributed by atoms with Gasteiger partial charge >= 0.3 is 5.97 Å². The molecule has 1 aromatic heterocycles. The summed E-state index contributed by atoms with van der Waals surface area (Å²) in [6, 6.07) is 0. The number of hydrogen-bond acceptors (Lipinski definition) is 4. The number of carbonyl (C=O) groups is 1. The zero-order valence-electron chi connectivity index (χ0n) is 12.4. The number of aromatic nitrogens is 4. The van der Waals surface area contributed by atoms with Crippen molar-refractivity contribution in [1.29, 1.82) is 0 Å². The topological polar surface area (TPSA) is 80.9 Å². The Kier molecular flexibility index (Phi) is 4.73. The van der Waals surface area contributed by atoms with Crippen molar-refractivity contribution in [3.63, 3.8) is 0 Å². The van der Waals surface area contributed by atoms with Crippen LogP contribution in [-0.4, -0.2) is 31.3 Å². The fourth-order valence-corrected chi connectivity index (χ4v) is 2.77. The molecule has 20 heavy (non-hydrogen) atoms. The van der Waals surface area contributed by atoms with Crippen molar-refractivity contribution in [2.24, 2.45) is 5.41 Å². The minimum atomic E-state index is -0.855. The van der Waals surface area contributed by atoms with E-state index in [1.807, 2.05) is 0 Å². The second-order valence-electron chi connectivity index (χ2n) is 6.43. The Morgan fingerprint density at radius 2 is 1.85 bits per heavy atom. The van der Waals surface area contributed by atoms with Gasteiger partial charge in [-0.1, -0.05) is 32.1 Å². The maximum absolute atomic E-state index is 11.3. The van der Waals surface area contributed by atoms with Crippen LogP contribution in [0.2, 0.25) is 0 Å². The maximum atomic E-state index is 11.3. The Balaban J connectivity index is 2.12. The molecule has 1 aromatic rings. The van der Waals surface area contributed by atoms with Gasteiger partial charge in [0.15, 0.2) is 5.82 Å². The zero-order valence-corrected chi connectivity index (χ0v) is 12.4. The van der Waals surface area contributed by atoms with E-state index in [1.165, 1.54) is 32.1 Å². The molecule has 0 aromatic carbocycles. The summed E-state index contributed by atoms with van der Waals surface area (Å²) in [4.78, 5) is 11.3. The van der Waals surface area contributed by atoms with Crippen molar-refractivity contribution in [1.82, 2.24) is 20.2 Å². The summed E-state index contributed by atoms with van der Waals surface area (Å²) in [6.07, 6.45) is 8.50. The molecule has 2 rings (SSSR count). The second kappa shape index (κ2) is 6.33. The minimum Gasteiger partial charge on any atom is -0.481 e. The maximum Gasteiger partial charge on any atom is 0.310 e. The van der Waals surface area contributed by atoms with Crippen molar-refractivity contribution in [2.75, 3.05) is 0 Å². The summed E-state index contributed by atoms with van der Waals surface area (Å²) in [5.41, 5.74) is -0.855. The Labute approximate surface area is 119 Å². The number of aliphatic carboxylic acids is 1. The normalized spacial score (nSPS) is 18.5. The Hall–Kier alpha value is -1.46. The van der Waals surface area contributed by atoms with E-state index >= 15 is 0 Å². The molecular formula is C14H24N4O2. The predicted molar refractivity (Wildman–Crippen MR) is 74.3 cm³/mol. The van der Waals surface area contributed by atoms with E-state index in [-0.39, 0.29) is 0 Å². The van der Waals surface area contributed by atoms with Crippen molar-refractivity contribution in [3.05, 3.63) is 5.82 Å². The second-order valence-corrected chi connectivity index (χ2v) is 6.43. The van der Waals surface area contributed by atoms with Crippen molar-refractivity contribution in [2.45, 2.75) is 71.3 Å². The van der Waals surface area contributed by atoms with E-state index in [4.69, 9.17) is 0 Å². The van der Waals surface area contributed by atoms with Crippen LogP contribution in [0.5, 0.6) is 0 Å². The van der Waals surface area contributed by atoms with Gasteiger partial charge in [0, 0.05) is 5.92 Å². The van der Waals surface area contributed by atoms with E-state index < -0.39 is 11.4 Å². The molecule has 1 fully saturated rings. The van der Waals surface area contributed by atoms with Gasteiger partial charge in [-0.3, -0.25) is 4.79 Å². The fourth-order valence-electron chi connectivity index (χ4n) is 2.77. The first-order valence-electron chi connectivity index (χ1n) is 7.50. The first-order chi connectivity index (χ1) is 9.50. The van der Waals surface area contributed by atoms with Gasteiger partial charge in [0.1, 0.15) is 0 Å². The number of rotatable bonds is 4. The van der Waals surface area contributed by atoms with Crippen LogP contribution in [0.3, 0.4) is 0 Å². The highest BCUT2D eigenvalue weighted by Crippen LogP contribution is 2.30. The van der Waals surface area contributed by atoms with Crippen LogP contribution in [0.4, 0.5) is 0 Å². The van der Waals surface area contributed by atoms with Crippen molar-refractivity contribution < 1.29 is 9.90 Å². The van der Waals surface area contributed by atoms with Crippen LogP contribution in [-0.2, 0) is 11.3 Å². The molecular weight excluding hydrogens is 256 g/mol. The molecule has 0 atom stereocenters. The summed E-state index contributed by atoms with van der Waals surface area (Å²) in [5.74, 6) is 0.410. The van der Waals surface area contributed by atoms with Gasteiger partial charge in [-0.15, -0.1) is 5.10 Å². The molecule has 1 saturated carbocycles. The van der Waals surface area contributed by atoms with Crippen molar-refractivity contribution in [3.8, 4) is 0 Å². The summed E-state index contributed by atoms with van der Waals surface area (Å²) >= 11 is 0. The van der Waals surface area contributed by atoms with Gasteiger partial charge in [0.25, 0.3) is 0 Å². The molecule has 1 aliphatic rings. The number of tetrazole rings is 1. The van der Waals surface area contributed by atoms with E-state index in [1.54, 1.807) is 18.5 Å². The third kappa shape index (κ3) is 3.55. The highest BCUT2D eigenvalue weighted by molar-refractivity contribution is 5.73. The third-order valence-electron chi connectivity index (χ3n) is 4.15. The van der Waals surface area contributed by atoms with E-state index in [0.717, 1.165) is 18.7 Å². The van der Waals surface area contributed by atoms with E-state index in [9.17, 15) is 9.90 Å². The first-order valence-corrected chi connectivity index (χ1v) is 7.50. The minimum absolute atomic E-state index is 0.321. The number of hydrogen-bond donors (Lipinski definition) is 1. The molecule has 0 saturated heterocycles. The van der Waals surface area contributed by atoms with Crippen LogP contribution in [0.25, 0.3) is 0 Å². The average molecular weight is 280 g/mol. The molecule has 0 aliphatic heterocycles. The van der Waals surface area contributed by atoms with Crippen LogP contribution < -0.4 is 0 Å². The monoisotopic (exact) mass is 280 g/mol. The lowest BCUT2D eigenvalue weighted by Crippen LogP contribution is -2.31. The lowest BCUT2D eigenvalue weighted by atomic mass is 9.89. The van der Waals surface area contributed by atoms with Gasteiger partial charge in [-0.25, -0.2) is 4.68 Å². The predicted octanol–water partition coefficient (Wildman–Crippen LogP) is 2.61. The molecule has 0 bridgehead atoms. The summed E-state index contributed by atoms with van der Waals surface area (Å²) in [6.45, 7) is 3.74. The molecule has 0 spiro atoms. The standard InChI is InChI=1S/C14H24N4O2/c1-14(2,13(19)20)10-18-12(15-16-17-18)11-8-6-4-3-5-7-9-11/h11H,3-10H2,1-2H3,(H,19,20). The summed E-state index contributed by atoms with van der Waals surface area (Å²) in [7, 11) is 0. The molecule has 0 radical (unpaired) electrons. The SMILES string of the molecule is CC(C)(Cn1nnnc1C1CCCCCCC1)C(=O)O. The molecule has 0 amide bonds. The number of carboxylic acid groups (broad SMARTS) is 1. The van der Waals surface area contributed by atoms with Gasteiger partial charge in [-0.2, -0.15) is 0 Å². The lowest BCUT2D eigenvalue weighted by molar-refractivity contribution is -0.147. The van der Waals surface area contributed by atoms with Crippen LogP contribution in [0.1, 0.15) is 70.5 Å². The Morgan fingerprint density at radius 1 is 1.25 bits per heavy atom. The molecule has 1 N–H and O–H groups in total. The average Bonchev–Trinajstić information content (AvgIpc) is 2.76. The van der Waals surface area contributed by atoms with Gasteiger partial charge in [0.2, 0.25) is 0 Å². The number of carboxylic acids is 1. The molecule has 6 heteroatoms. The van der Waals surface area contributed by atoms with Crippen LogP contribution >= 0.6 is 0 Å². The molecule has 6 nitrogen and oxygen atoms in total. The fraction of sp³-hybridized carbons (Fsp3) is 0.857. The van der Waals surface area contributed by atoms with Crippen LogP contribution in [0, 0.1) is 5.41 Å². The summed E-state index contributed by atoms with van der Waals surface area (Å²) < 4.78 is 1.69. The highest BCUT2D eigenvalue weighted by atomic mass is 16.4. The van der Waals surface area contributed by atoms with Gasteiger partial charge in [-0.05, 0) is 37.1 Å². The Bertz CT molecular complexity index is 448. The Morgan fingerprint density at radius 3 is 2.45 bits per heavy atom. The molecule has 0 unspecified atom stereocenters. The number of nitrogens with zero attached hydrogens (tertiary/aromatic N) is 4. The molecule has 112 valence electrons. The van der Waals surface area contributed by atoms with Crippen LogP contribution in [0.15, 0.2) is 0 Å². The largest absolute Gasteiger partial charge is 0.481 e.